The summed E-state index contributed by atoms with van der Waals surface area (Å²) in [4.78, 5) is 12.1. The summed E-state index contributed by atoms with van der Waals surface area (Å²) >= 11 is 3.07. The lowest BCUT2D eigenvalue weighted by Crippen LogP contribution is -2.06. The number of halogens is 3. The Labute approximate surface area is 118 Å². The number of Topliss-reactive ketones (excluding diaryl/α,β-unsaturated/α-hetero) is 1. The standard InChI is InChI=1S/C15H11BrF2O/c1-9-7-11(17)6-5-10(9)8-14(19)12-3-2-4-13(18)15(12)16/h2-7H,8H2,1H3. The number of rotatable bonds is 3. The van der Waals surface area contributed by atoms with E-state index in [1.165, 1.54) is 24.3 Å². The normalized spacial score (nSPS) is 10.5. The van der Waals surface area contributed by atoms with E-state index in [-0.39, 0.29) is 22.5 Å². The zero-order valence-corrected chi connectivity index (χ0v) is 11.8. The Morgan fingerprint density at radius 3 is 2.63 bits per heavy atom. The van der Waals surface area contributed by atoms with Gasteiger partial charge in [-0.15, -0.1) is 0 Å². The minimum Gasteiger partial charge on any atom is -0.294 e. The first-order valence-corrected chi connectivity index (χ1v) is 6.50. The zero-order valence-electron chi connectivity index (χ0n) is 10.2. The molecular formula is C15H11BrF2O. The lowest BCUT2D eigenvalue weighted by Gasteiger charge is -2.07. The van der Waals surface area contributed by atoms with Crippen molar-refractivity contribution in [3.8, 4) is 0 Å². The second kappa shape index (κ2) is 5.61. The summed E-state index contributed by atoms with van der Waals surface area (Å²) in [6.07, 6.45) is 0.119. The Morgan fingerprint density at radius 2 is 1.95 bits per heavy atom. The lowest BCUT2D eigenvalue weighted by atomic mass is 9.99. The Morgan fingerprint density at radius 1 is 1.21 bits per heavy atom. The molecule has 0 heterocycles. The smallest absolute Gasteiger partial charge is 0.168 e. The second-order valence-electron chi connectivity index (χ2n) is 4.27. The van der Waals surface area contributed by atoms with Crippen LogP contribution in [0.1, 0.15) is 21.5 Å². The SMILES string of the molecule is Cc1cc(F)ccc1CC(=O)c1cccc(F)c1Br. The molecule has 0 amide bonds. The monoisotopic (exact) mass is 324 g/mol. The number of benzene rings is 2. The van der Waals surface area contributed by atoms with Gasteiger partial charge in [0.05, 0.1) is 4.47 Å². The molecule has 2 rings (SSSR count). The van der Waals surface area contributed by atoms with E-state index in [2.05, 4.69) is 15.9 Å². The molecule has 0 fully saturated rings. The van der Waals surface area contributed by atoms with Crippen molar-refractivity contribution in [2.45, 2.75) is 13.3 Å². The zero-order chi connectivity index (χ0) is 14.0. The first-order chi connectivity index (χ1) is 8.99. The summed E-state index contributed by atoms with van der Waals surface area (Å²) in [6, 6.07) is 8.61. The van der Waals surface area contributed by atoms with Gasteiger partial charge in [0.15, 0.2) is 5.78 Å². The highest BCUT2D eigenvalue weighted by Gasteiger charge is 2.14. The average Bonchev–Trinajstić information content (AvgIpc) is 2.36. The first kappa shape index (κ1) is 13.9. The number of hydrogen-bond acceptors (Lipinski definition) is 1. The van der Waals surface area contributed by atoms with Crippen LogP contribution in [-0.4, -0.2) is 5.78 Å². The lowest BCUT2D eigenvalue weighted by molar-refractivity contribution is 0.0991. The maximum Gasteiger partial charge on any atom is 0.168 e. The van der Waals surface area contributed by atoms with Crippen molar-refractivity contribution >= 4 is 21.7 Å². The van der Waals surface area contributed by atoms with Crippen molar-refractivity contribution in [3.63, 3.8) is 0 Å². The Hall–Kier alpha value is -1.55. The van der Waals surface area contributed by atoms with Crippen molar-refractivity contribution in [2.24, 2.45) is 0 Å². The van der Waals surface area contributed by atoms with Crippen LogP contribution < -0.4 is 0 Å². The van der Waals surface area contributed by atoms with Gasteiger partial charge in [0.2, 0.25) is 0 Å². The molecule has 2 aromatic rings. The Bertz CT molecular complexity index is 638. The van der Waals surface area contributed by atoms with Gasteiger partial charge in [-0.05, 0) is 52.2 Å². The van der Waals surface area contributed by atoms with E-state index < -0.39 is 5.82 Å². The fraction of sp³-hybridized carbons (Fsp3) is 0.133. The average molecular weight is 325 g/mol. The predicted octanol–water partition coefficient (Wildman–Crippen LogP) is 4.46. The van der Waals surface area contributed by atoms with Gasteiger partial charge < -0.3 is 0 Å². The third kappa shape index (κ3) is 3.07. The van der Waals surface area contributed by atoms with Gasteiger partial charge in [0.25, 0.3) is 0 Å². The van der Waals surface area contributed by atoms with Crippen molar-refractivity contribution in [2.75, 3.05) is 0 Å². The molecule has 0 N–H and O–H groups in total. The van der Waals surface area contributed by atoms with E-state index >= 15 is 0 Å². The quantitative estimate of drug-likeness (QED) is 0.762. The van der Waals surface area contributed by atoms with Crippen LogP contribution in [0.2, 0.25) is 0 Å². The van der Waals surface area contributed by atoms with Crippen LogP contribution >= 0.6 is 15.9 Å². The van der Waals surface area contributed by atoms with Crippen LogP contribution in [0.3, 0.4) is 0 Å². The Kier molecular flexibility index (Phi) is 4.10. The second-order valence-corrected chi connectivity index (χ2v) is 5.07. The molecule has 0 aliphatic heterocycles. The van der Waals surface area contributed by atoms with E-state index in [1.807, 2.05) is 0 Å². The van der Waals surface area contributed by atoms with Crippen LogP contribution in [0.5, 0.6) is 0 Å². The molecule has 0 saturated heterocycles. The minimum absolute atomic E-state index is 0.119. The van der Waals surface area contributed by atoms with Crippen molar-refractivity contribution in [1.82, 2.24) is 0 Å². The predicted molar refractivity (Wildman–Crippen MR) is 73.3 cm³/mol. The maximum atomic E-state index is 13.4. The molecule has 0 unspecified atom stereocenters. The molecule has 4 heteroatoms. The molecular weight excluding hydrogens is 314 g/mol. The highest BCUT2D eigenvalue weighted by molar-refractivity contribution is 9.10. The van der Waals surface area contributed by atoms with Crippen LogP contribution in [0.4, 0.5) is 8.78 Å². The minimum atomic E-state index is -0.471. The van der Waals surface area contributed by atoms with Crippen molar-refractivity contribution < 1.29 is 13.6 Å². The van der Waals surface area contributed by atoms with Crippen LogP contribution in [0.15, 0.2) is 40.9 Å². The van der Waals surface area contributed by atoms with Gasteiger partial charge in [-0.1, -0.05) is 18.2 Å². The topological polar surface area (TPSA) is 17.1 Å². The van der Waals surface area contributed by atoms with Crippen LogP contribution in [0, 0.1) is 18.6 Å². The highest BCUT2D eigenvalue weighted by atomic mass is 79.9. The Balaban J connectivity index is 2.28. The van der Waals surface area contributed by atoms with Crippen molar-refractivity contribution in [3.05, 3.63) is 69.2 Å². The molecule has 0 radical (unpaired) electrons. The number of carbonyl (C=O) groups excluding carboxylic acids is 1. The number of carbonyl (C=O) groups is 1. The van der Waals surface area contributed by atoms with Gasteiger partial charge >= 0.3 is 0 Å². The van der Waals surface area contributed by atoms with Gasteiger partial charge in [0, 0.05) is 12.0 Å². The molecule has 0 spiro atoms. The summed E-state index contributed by atoms with van der Waals surface area (Å²) < 4.78 is 26.5. The molecule has 0 saturated carbocycles. The maximum absolute atomic E-state index is 13.4. The molecule has 0 bridgehead atoms. The third-order valence-corrected chi connectivity index (χ3v) is 3.71. The molecule has 1 nitrogen and oxygen atoms in total. The first-order valence-electron chi connectivity index (χ1n) is 5.71. The van der Waals surface area contributed by atoms with Crippen LogP contribution in [0.25, 0.3) is 0 Å². The van der Waals surface area contributed by atoms with E-state index in [1.54, 1.807) is 19.1 Å². The fourth-order valence-corrected chi connectivity index (χ4v) is 2.33. The summed E-state index contributed by atoms with van der Waals surface area (Å²) in [5, 5.41) is 0. The van der Waals surface area contributed by atoms with E-state index in [9.17, 15) is 13.6 Å². The summed E-state index contributed by atoms with van der Waals surface area (Å²) in [5.74, 6) is -1.01. The largest absolute Gasteiger partial charge is 0.294 e. The summed E-state index contributed by atoms with van der Waals surface area (Å²) in [7, 11) is 0. The molecule has 0 aromatic heterocycles. The van der Waals surface area contributed by atoms with E-state index in [0.29, 0.717) is 11.1 Å². The van der Waals surface area contributed by atoms with Gasteiger partial charge in [0.1, 0.15) is 11.6 Å². The van der Waals surface area contributed by atoms with Gasteiger partial charge in [-0.25, -0.2) is 8.78 Å². The third-order valence-electron chi connectivity index (χ3n) is 2.91. The molecule has 98 valence electrons. The molecule has 2 aromatic carbocycles. The number of ketones is 1. The summed E-state index contributed by atoms with van der Waals surface area (Å²) in [5.41, 5.74) is 1.74. The molecule has 0 atom stereocenters. The van der Waals surface area contributed by atoms with Gasteiger partial charge in [-0.2, -0.15) is 0 Å². The molecule has 0 aliphatic rings. The fourth-order valence-electron chi connectivity index (χ4n) is 1.84. The van der Waals surface area contributed by atoms with Crippen molar-refractivity contribution in [1.29, 1.82) is 0 Å². The van der Waals surface area contributed by atoms with E-state index in [4.69, 9.17) is 0 Å². The molecule has 0 aliphatic carbocycles. The highest BCUT2D eigenvalue weighted by Crippen LogP contribution is 2.22. The number of aryl methyl sites for hydroxylation is 1. The van der Waals surface area contributed by atoms with Gasteiger partial charge in [-0.3, -0.25) is 4.79 Å². The number of hydrogen-bond donors (Lipinski definition) is 0. The summed E-state index contributed by atoms with van der Waals surface area (Å²) in [6.45, 7) is 1.74. The van der Waals surface area contributed by atoms with Crippen LogP contribution in [-0.2, 0) is 6.42 Å². The molecule has 19 heavy (non-hydrogen) atoms. The van der Waals surface area contributed by atoms with E-state index in [0.717, 1.165) is 5.56 Å².